The summed E-state index contributed by atoms with van der Waals surface area (Å²) in [5.41, 5.74) is 0.499. The third-order valence-corrected chi connectivity index (χ3v) is 2.70. The summed E-state index contributed by atoms with van der Waals surface area (Å²) >= 11 is 3.11. The average Bonchev–Trinajstić information content (AvgIpc) is 2.20. The Kier molecular flexibility index (Phi) is 3.70. The zero-order valence-electron chi connectivity index (χ0n) is 9.24. The molecule has 0 heterocycles. The first kappa shape index (κ1) is 12.7. The minimum Gasteiger partial charge on any atom is -0.506 e. The van der Waals surface area contributed by atoms with Gasteiger partial charge in [-0.05, 0) is 35.0 Å². The van der Waals surface area contributed by atoms with Crippen LogP contribution in [0, 0.1) is 0 Å². The number of ketones is 1. The fraction of sp³-hybridized carbons (Fsp3) is 0.273. The maximum Gasteiger partial charge on any atom is 0.253 e. The summed E-state index contributed by atoms with van der Waals surface area (Å²) < 4.78 is 0.338. The summed E-state index contributed by atoms with van der Waals surface area (Å²) in [7, 11) is 3.24. The number of halogens is 1. The zero-order valence-corrected chi connectivity index (χ0v) is 10.8. The molecule has 16 heavy (non-hydrogen) atoms. The van der Waals surface area contributed by atoms with E-state index < -0.39 is 0 Å². The van der Waals surface area contributed by atoms with Crippen LogP contribution in [-0.2, 0) is 0 Å². The van der Waals surface area contributed by atoms with Crippen molar-refractivity contribution in [2.75, 3.05) is 14.1 Å². The van der Waals surface area contributed by atoms with Crippen LogP contribution in [0.25, 0.3) is 0 Å². The first-order chi connectivity index (χ1) is 7.34. The van der Waals surface area contributed by atoms with Gasteiger partial charge in [-0.2, -0.15) is 0 Å². The van der Waals surface area contributed by atoms with Crippen LogP contribution in [0.3, 0.4) is 0 Å². The second kappa shape index (κ2) is 4.65. The Balaban J connectivity index is 3.35. The number of benzene rings is 1. The Morgan fingerprint density at radius 1 is 1.31 bits per heavy atom. The van der Waals surface area contributed by atoms with Crippen LogP contribution in [0.4, 0.5) is 0 Å². The molecule has 0 aromatic heterocycles. The van der Waals surface area contributed by atoms with Crippen LogP contribution in [0.2, 0.25) is 0 Å². The minimum absolute atomic E-state index is 0.136. The Labute approximate surface area is 102 Å². The van der Waals surface area contributed by atoms with Crippen LogP contribution >= 0.6 is 15.9 Å². The van der Waals surface area contributed by atoms with Gasteiger partial charge in [0.25, 0.3) is 5.91 Å². The number of Topliss-reactive ketones (excluding diaryl/α,β-unsaturated/α-hetero) is 1. The molecule has 0 saturated heterocycles. The Morgan fingerprint density at radius 2 is 1.88 bits per heavy atom. The number of carbonyl (C=O) groups is 2. The monoisotopic (exact) mass is 285 g/mol. The molecule has 1 aromatic rings. The topological polar surface area (TPSA) is 57.6 Å². The van der Waals surface area contributed by atoms with E-state index in [1.165, 1.54) is 24.0 Å². The standard InChI is InChI=1S/C11H12BrNO3/c1-6(14)8-4-7(11(16)13(2)3)5-9(12)10(8)15/h4-5,15H,1-3H3. The Morgan fingerprint density at radius 3 is 2.31 bits per heavy atom. The van der Waals surface area contributed by atoms with E-state index in [9.17, 15) is 14.7 Å². The molecule has 0 spiro atoms. The third kappa shape index (κ3) is 2.41. The van der Waals surface area contributed by atoms with Gasteiger partial charge in [-0.15, -0.1) is 0 Å². The lowest BCUT2D eigenvalue weighted by Gasteiger charge is -2.12. The lowest BCUT2D eigenvalue weighted by molar-refractivity contribution is 0.0827. The number of amides is 1. The molecule has 0 saturated carbocycles. The molecule has 0 bridgehead atoms. The van der Waals surface area contributed by atoms with Crippen molar-refractivity contribution in [3.05, 3.63) is 27.7 Å². The number of phenols is 1. The minimum atomic E-state index is -0.286. The normalized spacial score (nSPS) is 10.0. The first-order valence-corrected chi connectivity index (χ1v) is 5.39. The van der Waals surface area contributed by atoms with Gasteiger partial charge >= 0.3 is 0 Å². The summed E-state index contributed by atoms with van der Waals surface area (Å²) in [5, 5.41) is 9.62. The molecule has 0 unspecified atom stereocenters. The SMILES string of the molecule is CC(=O)c1cc(C(=O)N(C)C)cc(Br)c1O. The number of phenolic OH excluding ortho intramolecular Hbond substituents is 1. The molecule has 0 aliphatic heterocycles. The number of carbonyl (C=O) groups excluding carboxylic acids is 2. The lowest BCUT2D eigenvalue weighted by atomic mass is 10.1. The van der Waals surface area contributed by atoms with Crippen molar-refractivity contribution < 1.29 is 14.7 Å². The van der Waals surface area contributed by atoms with Crippen LogP contribution < -0.4 is 0 Å². The molecule has 1 amide bonds. The van der Waals surface area contributed by atoms with Crippen molar-refractivity contribution >= 4 is 27.6 Å². The van der Waals surface area contributed by atoms with Gasteiger partial charge in [-0.3, -0.25) is 9.59 Å². The number of rotatable bonds is 2. The molecular weight excluding hydrogens is 274 g/mol. The van der Waals surface area contributed by atoms with E-state index in [4.69, 9.17) is 0 Å². The summed E-state index contributed by atoms with van der Waals surface area (Å²) in [4.78, 5) is 24.4. The van der Waals surface area contributed by atoms with E-state index in [0.717, 1.165) is 0 Å². The molecule has 0 aliphatic rings. The van der Waals surface area contributed by atoms with E-state index in [1.807, 2.05) is 0 Å². The first-order valence-electron chi connectivity index (χ1n) is 4.59. The lowest BCUT2D eigenvalue weighted by Crippen LogP contribution is -2.22. The van der Waals surface area contributed by atoms with Gasteiger partial charge in [-0.1, -0.05) is 0 Å². The van der Waals surface area contributed by atoms with Crippen molar-refractivity contribution in [3.63, 3.8) is 0 Å². The van der Waals surface area contributed by atoms with Crippen LogP contribution in [0.1, 0.15) is 27.6 Å². The zero-order chi connectivity index (χ0) is 12.5. The number of nitrogens with zero attached hydrogens (tertiary/aromatic N) is 1. The maximum absolute atomic E-state index is 11.7. The van der Waals surface area contributed by atoms with E-state index in [-0.39, 0.29) is 23.0 Å². The highest BCUT2D eigenvalue weighted by Crippen LogP contribution is 2.30. The molecule has 4 nitrogen and oxygen atoms in total. The molecule has 0 fully saturated rings. The van der Waals surface area contributed by atoms with Crippen LogP contribution in [-0.4, -0.2) is 35.8 Å². The fourth-order valence-electron chi connectivity index (χ4n) is 1.25. The number of aromatic hydroxyl groups is 1. The van der Waals surface area contributed by atoms with Gasteiger partial charge in [0.05, 0.1) is 10.0 Å². The average molecular weight is 286 g/mol. The predicted octanol–water partition coefficient (Wildman–Crippen LogP) is 2.06. The van der Waals surface area contributed by atoms with Gasteiger partial charge in [0.2, 0.25) is 0 Å². The molecular formula is C11H12BrNO3. The van der Waals surface area contributed by atoms with E-state index in [1.54, 1.807) is 14.1 Å². The largest absolute Gasteiger partial charge is 0.506 e. The van der Waals surface area contributed by atoms with Gasteiger partial charge in [0.1, 0.15) is 5.75 Å². The summed E-state index contributed by atoms with van der Waals surface area (Å²) in [6.45, 7) is 1.34. The summed E-state index contributed by atoms with van der Waals surface area (Å²) in [6, 6.07) is 2.88. The molecule has 0 atom stereocenters. The quantitative estimate of drug-likeness (QED) is 0.847. The van der Waals surface area contributed by atoms with Gasteiger partial charge in [-0.25, -0.2) is 0 Å². The molecule has 1 aromatic carbocycles. The highest BCUT2D eigenvalue weighted by atomic mass is 79.9. The number of hydrogen-bond acceptors (Lipinski definition) is 3. The molecule has 86 valence electrons. The van der Waals surface area contributed by atoms with Crippen molar-refractivity contribution in [1.29, 1.82) is 0 Å². The van der Waals surface area contributed by atoms with Crippen molar-refractivity contribution in [1.82, 2.24) is 4.90 Å². The van der Waals surface area contributed by atoms with Gasteiger partial charge in [0.15, 0.2) is 5.78 Å². The fourth-order valence-corrected chi connectivity index (χ4v) is 1.71. The molecule has 5 heteroatoms. The van der Waals surface area contributed by atoms with Crippen LogP contribution in [0.5, 0.6) is 5.75 Å². The highest BCUT2D eigenvalue weighted by Gasteiger charge is 2.16. The second-order valence-corrected chi connectivity index (χ2v) is 4.46. The van der Waals surface area contributed by atoms with Crippen LogP contribution in [0.15, 0.2) is 16.6 Å². The van der Waals surface area contributed by atoms with Crippen molar-refractivity contribution in [3.8, 4) is 5.75 Å². The molecule has 0 aliphatic carbocycles. The number of hydrogen-bond donors (Lipinski definition) is 1. The maximum atomic E-state index is 11.7. The van der Waals surface area contributed by atoms with E-state index in [0.29, 0.717) is 10.0 Å². The Bertz CT molecular complexity index is 455. The smallest absolute Gasteiger partial charge is 0.253 e. The molecule has 1 N–H and O–H groups in total. The van der Waals surface area contributed by atoms with Gasteiger partial charge in [0, 0.05) is 19.7 Å². The van der Waals surface area contributed by atoms with E-state index in [2.05, 4.69) is 15.9 Å². The Hall–Kier alpha value is -1.36. The second-order valence-electron chi connectivity index (χ2n) is 3.61. The van der Waals surface area contributed by atoms with Crippen molar-refractivity contribution in [2.45, 2.75) is 6.92 Å². The third-order valence-electron chi connectivity index (χ3n) is 2.10. The summed E-state index contributed by atoms with van der Waals surface area (Å²) in [6.07, 6.45) is 0. The predicted molar refractivity (Wildman–Crippen MR) is 63.8 cm³/mol. The van der Waals surface area contributed by atoms with E-state index >= 15 is 0 Å². The molecule has 0 radical (unpaired) electrons. The highest BCUT2D eigenvalue weighted by molar-refractivity contribution is 9.10. The summed E-state index contributed by atoms with van der Waals surface area (Å²) in [5.74, 6) is -0.641. The van der Waals surface area contributed by atoms with Gasteiger partial charge < -0.3 is 10.0 Å². The molecule has 1 rings (SSSR count). The van der Waals surface area contributed by atoms with Crippen molar-refractivity contribution in [2.24, 2.45) is 0 Å².